The third-order valence-electron chi connectivity index (χ3n) is 3.66. The van der Waals surface area contributed by atoms with Crippen LogP contribution in [-0.2, 0) is 6.42 Å². The Morgan fingerprint density at radius 2 is 1.65 bits per heavy atom. The van der Waals surface area contributed by atoms with E-state index in [0.717, 1.165) is 24.1 Å². The zero-order valence-electron chi connectivity index (χ0n) is 14.1. The van der Waals surface area contributed by atoms with Gasteiger partial charge in [0.2, 0.25) is 0 Å². The number of nitrogens with zero attached hydrogens (tertiary/aromatic N) is 2. The van der Waals surface area contributed by atoms with Crippen molar-refractivity contribution in [1.29, 1.82) is 0 Å². The van der Waals surface area contributed by atoms with Crippen LogP contribution in [0.4, 0.5) is 26.1 Å². The van der Waals surface area contributed by atoms with Gasteiger partial charge in [0.1, 0.15) is 17.5 Å². The minimum absolute atomic E-state index is 0.411. The molecule has 0 unspecified atom stereocenters. The quantitative estimate of drug-likeness (QED) is 0.629. The molecule has 1 aromatic heterocycles. The van der Waals surface area contributed by atoms with Crippen LogP contribution in [-0.4, -0.2) is 16.5 Å². The molecule has 0 atom stereocenters. The van der Waals surface area contributed by atoms with Crippen molar-refractivity contribution in [1.82, 2.24) is 9.97 Å². The Bertz CT molecular complexity index is 901. The topological polar surface area (TPSA) is 49.8 Å². The van der Waals surface area contributed by atoms with Crippen LogP contribution < -0.4 is 10.6 Å². The number of rotatable bonds is 6. The number of aryl methyl sites for hydroxylation is 1. The summed E-state index contributed by atoms with van der Waals surface area (Å²) in [4.78, 5) is 8.60. The van der Waals surface area contributed by atoms with Gasteiger partial charge in [-0.1, -0.05) is 23.7 Å². The van der Waals surface area contributed by atoms with E-state index in [9.17, 15) is 8.78 Å². The SMILES string of the molecule is Cc1nc(NCCc2ccc(Cl)cc2)cc(Nc2ccc(F)c(F)c2)n1. The van der Waals surface area contributed by atoms with Crippen LogP contribution in [0.1, 0.15) is 11.4 Å². The van der Waals surface area contributed by atoms with Gasteiger partial charge in [-0.05, 0) is 43.2 Å². The molecule has 0 fully saturated rings. The first-order chi connectivity index (χ1) is 12.5. The normalized spacial score (nSPS) is 10.6. The molecule has 0 aliphatic heterocycles. The summed E-state index contributed by atoms with van der Waals surface area (Å²) in [6, 6.07) is 13.0. The van der Waals surface area contributed by atoms with Gasteiger partial charge in [-0.25, -0.2) is 18.7 Å². The molecule has 0 saturated heterocycles. The highest BCUT2D eigenvalue weighted by molar-refractivity contribution is 6.30. The Balaban J connectivity index is 1.65. The molecule has 2 aromatic carbocycles. The van der Waals surface area contributed by atoms with Crippen molar-refractivity contribution in [2.45, 2.75) is 13.3 Å². The number of benzene rings is 2. The number of nitrogens with one attached hydrogen (secondary N) is 2. The van der Waals surface area contributed by atoms with Crippen molar-refractivity contribution < 1.29 is 8.78 Å². The van der Waals surface area contributed by atoms with Crippen molar-refractivity contribution in [3.8, 4) is 0 Å². The van der Waals surface area contributed by atoms with E-state index in [4.69, 9.17) is 11.6 Å². The Morgan fingerprint density at radius 3 is 2.38 bits per heavy atom. The third-order valence-corrected chi connectivity index (χ3v) is 3.91. The van der Waals surface area contributed by atoms with E-state index in [1.807, 2.05) is 24.3 Å². The first kappa shape index (κ1) is 18.1. The molecular formula is C19H17ClF2N4. The lowest BCUT2D eigenvalue weighted by atomic mass is 10.1. The molecule has 3 rings (SSSR count). The first-order valence-corrected chi connectivity index (χ1v) is 8.43. The number of halogens is 3. The van der Waals surface area contributed by atoms with Crippen molar-refractivity contribution in [3.05, 3.63) is 76.6 Å². The average Bonchev–Trinajstić information content (AvgIpc) is 2.59. The molecule has 0 aliphatic carbocycles. The fourth-order valence-corrected chi connectivity index (χ4v) is 2.56. The second-order valence-electron chi connectivity index (χ2n) is 5.74. The van der Waals surface area contributed by atoms with Gasteiger partial charge in [-0.15, -0.1) is 0 Å². The number of anilines is 3. The fraction of sp³-hybridized carbons (Fsp3) is 0.158. The molecule has 0 radical (unpaired) electrons. The van der Waals surface area contributed by atoms with E-state index >= 15 is 0 Å². The van der Waals surface area contributed by atoms with Gasteiger partial charge in [0.15, 0.2) is 11.6 Å². The molecule has 3 aromatic rings. The second-order valence-corrected chi connectivity index (χ2v) is 6.18. The summed E-state index contributed by atoms with van der Waals surface area (Å²) in [5.74, 6) is -0.0957. The highest BCUT2D eigenvalue weighted by atomic mass is 35.5. The second kappa shape index (κ2) is 8.10. The van der Waals surface area contributed by atoms with Gasteiger partial charge in [0, 0.05) is 29.4 Å². The molecular weight excluding hydrogens is 358 g/mol. The maximum absolute atomic E-state index is 13.3. The van der Waals surface area contributed by atoms with Gasteiger partial charge in [-0.2, -0.15) is 0 Å². The number of hydrogen-bond acceptors (Lipinski definition) is 4. The first-order valence-electron chi connectivity index (χ1n) is 8.06. The summed E-state index contributed by atoms with van der Waals surface area (Å²) in [5, 5.41) is 6.90. The molecule has 4 nitrogen and oxygen atoms in total. The van der Waals surface area contributed by atoms with E-state index in [-0.39, 0.29) is 0 Å². The van der Waals surface area contributed by atoms with Gasteiger partial charge < -0.3 is 10.6 Å². The summed E-state index contributed by atoms with van der Waals surface area (Å²) in [6.45, 7) is 2.45. The minimum atomic E-state index is -0.915. The monoisotopic (exact) mass is 374 g/mol. The van der Waals surface area contributed by atoms with Gasteiger partial charge in [0.05, 0.1) is 0 Å². The molecule has 0 amide bonds. The van der Waals surface area contributed by atoms with Crippen LogP contribution in [0.15, 0.2) is 48.5 Å². The third kappa shape index (κ3) is 4.89. The molecule has 26 heavy (non-hydrogen) atoms. The molecule has 2 N–H and O–H groups in total. The summed E-state index contributed by atoms with van der Waals surface area (Å²) in [6.07, 6.45) is 0.812. The number of hydrogen-bond donors (Lipinski definition) is 2. The molecule has 7 heteroatoms. The Hall–Kier alpha value is -2.73. The van der Waals surface area contributed by atoms with Crippen molar-refractivity contribution in [2.24, 2.45) is 0 Å². The van der Waals surface area contributed by atoms with Gasteiger partial charge >= 0.3 is 0 Å². The van der Waals surface area contributed by atoms with Crippen molar-refractivity contribution in [2.75, 3.05) is 17.2 Å². The zero-order chi connectivity index (χ0) is 18.5. The Morgan fingerprint density at radius 1 is 0.923 bits per heavy atom. The minimum Gasteiger partial charge on any atom is -0.370 e. The fourth-order valence-electron chi connectivity index (χ4n) is 2.43. The summed E-state index contributed by atoms with van der Waals surface area (Å²) < 4.78 is 26.3. The van der Waals surface area contributed by atoms with Crippen LogP contribution in [0.2, 0.25) is 5.02 Å². The maximum atomic E-state index is 13.3. The average molecular weight is 375 g/mol. The number of aromatic nitrogens is 2. The molecule has 0 aliphatic rings. The zero-order valence-corrected chi connectivity index (χ0v) is 14.8. The Labute approximate surface area is 155 Å². The predicted octanol–water partition coefficient (Wildman–Crippen LogP) is 5.11. The van der Waals surface area contributed by atoms with E-state index in [1.54, 1.807) is 13.0 Å². The van der Waals surface area contributed by atoms with Crippen LogP contribution in [0.3, 0.4) is 0 Å². The highest BCUT2D eigenvalue weighted by Gasteiger charge is 2.06. The van der Waals surface area contributed by atoms with Crippen LogP contribution in [0.25, 0.3) is 0 Å². The van der Waals surface area contributed by atoms with Crippen molar-refractivity contribution in [3.63, 3.8) is 0 Å². The molecule has 0 saturated carbocycles. The van der Waals surface area contributed by atoms with Crippen LogP contribution in [0, 0.1) is 18.6 Å². The largest absolute Gasteiger partial charge is 0.370 e. The van der Waals surface area contributed by atoms with Crippen LogP contribution in [0.5, 0.6) is 0 Å². The summed E-state index contributed by atoms with van der Waals surface area (Å²) in [5.41, 5.74) is 1.57. The van der Waals surface area contributed by atoms with E-state index in [0.29, 0.717) is 34.7 Å². The highest BCUT2D eigenvalue weighted by Crippen LogP contribution is 2.19. The standard InChI is InChI=1S/C19H17ClF2N4/c1-12-24-18(23-9-8-13-2-4-14(20)5-3-13)11-19(25-12)26-15-6-7-16(21)17(22)10-15/h2-7,10-11H,8-9H2,1H3,(H2,23,24,25,26). The lowest BCUT2D eigenvalue weighted by Crippen LogP contribution is -2.08. The summed E-state index contributed by atoms with van der Waals surface area (Å²) in [7, 11) is 0. The molecule has 0 spiro atoms. The lowest BCUT2D eigenvalue weighted by Gasteiger charge is -2.10. The maximum Gasteiger partial charge on any atom is 0.160 e. The van der Waals surface area contributed by atoms with E-state index < -0.39 is 11.6 Å². The van der Waals surface area contributed by atoms with E-state index in [1.165, 1.54) is 6.07 Å². The predicted molar refractivity (Wildman–Crippen MR) is 100 cm³/mol. The van der Waals surface area contributed by atoms with Crippen molar-refractivity contribution >= 4 is 28.9 Å². The molecule has 134 valence electrons. The molecule has 1 heterocycles. The lowest BCUT2D eigenvalue weighted by molar-refractivity contribution is 0.509. The van der Waals surface area contributed by atoms with E-state index in [2.05, 4.69) is 20.6 Å². The molecule has 0 bridgehead atoms. The van der Waals surface area contributed by atoms with Gasteiger partial charge in [-0.3, -0.25) is 0 Å². The Kier molecular flexibility index (Phi) is 5.63. The van der Waals surface area contributed by atoms with Crippen LogP contribution >= 0.6 is 11.6 Å². The van der Waals surface area contributed by atoms with Gasteiger partial charge in [0.25, 0.3) is 0 Å². The summed E-state index contributed by atoms with van der Waals surface area (Å²) >= 11 is 5.88. The smallest absolute Gasteiger partial charge is 0.160 e.